The summed E-state index contributed by atoms with van der Waals surface area (Å²) in [5.74, 6) is 0.0653. The van der Waals surface area contributed by atoms with E-state index in [0.29, 0.717) is 5.13 Å². The average molecular weight is 313 g/mol. The lowest BCUT2D eigenvalue weighted by Gasteiger charge is -2.01. The van der Waals surface area contributed by atoms with Crippen molar-refractivity contribution in [3.63, 3.8) is 0 Å². The third-order valence-corrected chi connectivity index (χ3v) is 3.42. The fraction of sp³-hybridized carbons (Fsp3) is 0.0909. The second-order valence-electron chi connectivity index (χ2n) is 3.36. The molecule has 0 unspecified atom stereocenters. The number of carbonyl (C=O) groups is 1. The van der Waals surface area contributed by atoms with Crippen molar-refractivity contribution in [3.8, 4) is 5.75 Å². The van der Waals surface area contributed by atoms with Gasteiger partial charge in [0.05, 0.1) is 16.4 Å². The molecule has 0 spiro atoms. The van der Waals surface area contributed by atoms with Crippen molar-refractivity contribution in [2.45, 2.75) is 6.42 Å². The molecule has 0 atom stereocenters. The molecule has 88 valence electrons. The molecule has 6 heteroatoms. The number of rotatable bonds is 3. The molecule has 1 heterocycles. The molecule has 0 bridgehead atoms. The maximum absolute atomic E-state index is 11.7. The van der Waals surface area contributed by atoms with Crippen molar-refractivity contribution < 1.29 is 9.90 Å². The number of hydrogen-bond donors (Lipinski definition) is 2. The molecule has 17 heavy (non-hydrogen) atoms. The fourth-order valence-electron chi connectivity index (χ4n) is 1.27. The summed E-state index contributed by atoms with van der Waals surface area (Å²) >= 11 is 4.64. The molecule has 0 saturated heterocycles. The van der Waals surface area contributed by atoms with Crippen LogP contribution in [-0.4, -0.2) is 16.0 Å². The summed E-state index contributed by atoms with van der Waals surface area (Å²) in [5, 5.41) is 12.4. The summed E-state index contributed by atoms with van der Waals surface area (Å²) in [6.45, 7) is 0. The van der Waals surface area contributed by atoms with Gasteiger partial charge in [-0.05, 0) is 33.6 Å². The van der Waals surface area contributed by atoms with Crippen LogP contribution in [0.15, 0.2) is 34.2 Å². The van der Waals surface area contributed by atoms with E-state index in [-0.39, 0.29) is 18.1 Å². The van der Waals surface area contributed by atoms with E-state index in [1.165, 1.54) is 11.3 Å². The number of thiazole rings is 1. The number of nitrogens with one attached hydrogen (secondary N) is 1. The Hall–Kier alpha value is -1.40. The van der Waals surface area contributed by atoms with E-state index >= 15 is 0 Å². The molecule has 1 aromatic heterocycles. The Labute approximate surface area is 110 Å². The van der Waals surface area contributed by atoms with Gasteiger partial charge in [0, 0.05) is 0 Å². The summed E-state index contributed by atoms with van der Waals surface area (Å²) in [4.78, 5) is 15.7. The minimum Gasteiger partial charge on any atom is -0.508 e. The Morgan fingerprint density at radius 3 is 2.71 bits per heavy atom. The fourth-order valence-corrected chi connectivity index (χ4v) is 2.40. The minimum absolute atomic E-state index is 0.127. The Morgan fingerprint density at radius 1 is 1.41 bits per heavy atom. The number of nitrogens with zero attached hydrogens (tertiary/aromatic N) is 1. The van der Waals surface area contributed by atoms with Crippen LogP contribution >= 0.6 is 27.3 Å². The molecule has 1 aromatic carbocycles. The quantitative estimate of drug-likeness (QED) is 0.916. The Kier molecular flexibility index (Phi) is 3.75. The molecule has 4 nitrogen and oxygen atoms in total. The molecule has 0 aliphatic heterocycles. The van der Waals surface area contributed by atoms with Crippen molar-refractivity contribution in [1.82, 2.24) is 4.98 Å². The lowest BCUT2D eigenvalue weighted by atomic mass is 10.1. The van der Waals surface area contributed by atoms with Crippen molar-refractivity contribution in [2.75, 3.05) is 5.32 Å². The number of anilines is 1. The number of phenolic OH excluding ortho intramolecular Hbond substituents is 1. The highest BCUT2D eigenvalue weighted by Gasteiger charge is 2.06. The zero-order chi connectivity index (χ0) is 12.3. The Balaban J connectivity index is 1.95. The molecule has 0 saturated carbocycles. The SMILES string of the molecule is O=C(Cc1ccc(O)cc1)Nc1ncc(Br)s1. The van der Waals surface area contributed by atoms with Gasteiger partial charge in [-0.3, -0.25) is 4.79 Å². The predicted molar refractivity (Wildman–Crippen MR) is 70.3 cm³/mol. The average Bonchev–Trinajstić information content (AvgIpc) is 2.67. The van der Waals surface area contributed by atoms with E-state index in [2.05, 4.69) is 26.2 Å². The molecular weight excluding hydrogens is 304 g/mol. The number of aromatic nitrogens is 1. The van der Waals surface area contributed by atoms with Crippen LogP contribution in [-0.2, 0) is 11.2 Å². The first-order chi connectivity index (χ1) is 8.13. The Morgan fingerprint density at radius 2 is 2.12 bits per heavy atom. The zero-order valence-corrected chi connectivity index (χ0v) is 11.1. The largest absolute Gasteiger partial charge is 0.508 e. The van der Waals surface area contributed by atoms with E-state index in [4.69, 9.17) is 5.11 Å². The van der Waals surface area contributed by atoms with E-state index < -0.39 is 0 Å². The second-order valence-corrected chi connectivity index (χ2v) is 5.77. The van der Waals surface area contributed by atoms with E-state index in [0.717, 1.165) is 9.35 Å². The van der Waals surface area contributed by atoms with Gasteiger partial charge in [0.25, 0.3) is 0 Å². The molecule has 2 rings (SSSR count). The first kappa shape index (κ1) is 12.1. The van der Waals surface area contributed by atoms with E-state index in [1.54, 1.807) is 30.5 Å². The normalized spacial score (nSPS) is 10.2. The highest BCUT2D eigenvalue weighted by atomic mass is 79.9. The minimum atomic E-state index is -0.127. The van der Waals surface area contributed by atoms with Gasteiger partial charge < -0.3 is 10.4 Å². The van der Waals surface area contributed by atoms with Gasteiger partial charge in [0.2, 0.25) is 5.91 Å². The van der Waals surface area contributed by atoms with Gasteiger partial charge in [0.15, 0.2) is 5.13 Å². The van der Waals surface area contributed by atoms with Crippen LogP contribution in [0.3, 0.4) is 0 Å². The van der Waals surface area contributed by atoms with Crippen molar-refractivity contribution >= 4 is 38.3 Å². The van der Waals surface area contributed by atoms with E-state index in [1.807, 2.05) is 0 Å². The second kappa shape index (κ2) is 5.29. The van der Waals surface area contributed by atoms with Crippen LogP contribution in [0, 0.1) is 0 Å². The summed E-state index contributed by atoms with van der Waals surface area (Å²) in [7, 11) is 0. The van der Waals surface area contributed by atoms with Crippen LogP contribution in [0.25, 0.3) is 0 Å². The molecule has 0 radical (unpaired) electrons. The van der Waals surface area contributed by atoms with Gasteiger partial charge in [-0.2, -0.15) is 0 Å². The lowest BCUT2D eigenvalue weighted by Crippen LogP contribution is -2.13. The van der Waals surface area contributed by atoms with Crippen LogP contribution in [0.4, 0.5) is 5.13 Å². The number of amides is 1. The monoisotopic (exact) mass is 312 g/mol. The molecule has 0 fully saturated rings. The maximum atomic E-state index is 11.7. The van der Waals surface area contributed by atoms with Crippen molar-refractivity contribution in [2.24, 2.45) is 0 Å². The van der Waals surface area contributed by atoms with Gasteiger partial charge >= 0.3 is 0 Å². The highest BCUT2D eigenvalue weighted by molar-refractivity contribution is 9.11. The molecule has 0 aliphatic carbocycles. The van der Waals surface area contributed by atoms with Crippen LogP contribution in [0.5, 0.6) is 5.75 Å². The van der Waals surface area contributed by atoms with Gasteiger partial charge in [-0.25, -0.2) is 4.98 Å². The number of hydrogen-bond acceptors (Lipinski definition) is 4. The first-order valence-electron chi connectivity index (χ1n) is 4.82. The molecule has 2 N–H and O–H groups in total. The molecular formula is C11H9BrN2O2S. The summed E-state index contributed by atoms with van der Waals surface area (Å²) < 4.78 is 0.873. The smallest absolute Gasteiger partial charge is 0.230 e. The summed E-state index contributed by atoms with van der Waals surface area (Å²) in [6, 6.07) is 6.55. The first-order valence-corrected chi connectivity index (χ1v) is 6.43. The molecule has 2 aromatic rings. The maximum Gasteiger partial charge on any atom is 0.230 e. The number of benzene rings is 1. The topological polar surface area (TPSA) is 62.2 Å². The number of carbonyl (C=O) groups excluding carboxylic acids is 1. The zero-order valence-electron chi connectivity index (χ0n) is 8.68. The lowest BCUT2D eigenvalue weighted by molar-refractivity contribution is -0.115. The van der Waals surface area contributed by atoms with Crippen LogP contribution in [0.1, 0.15) is 5.56 Å². The van der Waals surface area contributed by atoms with E-state index in [9.17, 15) is 4.79 Å². The number of phenols is 1. The van der Waals surface area contributed by atoms with Crippen LogP contribution < -0.4 is 5.32 Å². The highest BCUT2D eigenvalue weighted by Crippen LogP contribution is 2.23. The predicted octanol–water partition coefficient (Wildman–Crippen LogP) is 2.79. The number of aromatic hydroxyl groups is 1. The third-order valence-electron chi connectivity index (χ3n) is 2.02. The van der Waals surface area contributed by atoms with Crippen molar-refractivity contribution in [1.29, 1.82) is 0 Å². The number of halogens is 1. The van der Waals surface area contributed by atoms with Crippen LogP contribution in [0.2, 0.25) is 0 Å². The summed E-state index contributed by atoms with van der Waals surface area (Å²) in [6.07, 6.45) is 1.90. The Bertz CT molecular complexity index is 525. The van der Waals surface area contributed by atoms with Gasteiger partial charge in [-0.1, -0.05) is 23.5 Å². The standard InChI is InChI=1S/C11H9BrN2O2S/c12-9-6-13-11(17-9)14-10(16)5-7-1-3-8(15)4-2-7/h1-4,6,15H,5H2,(H,13,14,16). The molecule has 1 amide bonds. The molecule has 0 aliphatic rings. The van der Waals surface area contributed by atoms with Gasteiger partial charge in [-0.15, -0.1) is 0 Å². The summed E-state index contributed by atoms with van der Waals surface area (Å²) in [5.41, 5.74) is 0.843. The third kappa shape index (κ3) is 3.54. The van der Waals surface area contributed by atoms with Gasteiger partial charge in [0.1, 0.15) is 5.75 Å². The van der Waals surface area contributed by atoms with Crippen molar-refractivity contribution in [3.05, 3.63) is 39.8 Å².